The van der Waals surface area contributed by atoms with E-state index < -0.39 is 0 Å². The summed E-state index contributed by atoms with van der Waals surface area (Å²) >= 11 is 0. The van der Waals surface area contributed by atoms with Crippen molar-refractivity contribution in [3.63, 3.8) is 0 Å². The Balaban J connectivity index is 1.52. The van der Waals surface area contributed by atoms with Crippen LogP contribution in [-0.4, -0.2) is 22.2 Å². The van der Waals surface area contributed by atoms with Crippen molar-refractivity contribution >= 4 is 5.91 Å². The largest absolute Gasteiger partial charge is 0.356 e. The molecular weight excluding hydrogens is 250 g/mol. The van der Waals surface area contributed by atoms with Crippen LogP contribution in [0.3, 0.4) is 0 Å². The molecular formula is C16H19N3O. The zero-order valence-electron chi connectivity index (χ0n) is 11.6. The molecule has 0 spiro atoms. The van der Waals surface area contributed by atoms with E-state index in [2.05, 4.69) is 17.3 Å². The van der Waals surface area contributed by atoms with Crippen molar-refractivity contribution in [2.75, 3.05) is 6.54 Å². The van der Waals surface area contributed by atoms with Crippen molar-refractivity contribution in [3.05, 3.63) is 48.3 Å². The fourth-order valence-electron chi connectivity index (χ4n) is 2.36. The topological polar surface area (TPSA) is 46.9 Å². The first kappa shape index (κ1) is 12.9. The summed E-state index contributed by atoms with van der Waals surface area (Å²) in [5.74, 6) is 1.02. The van der Waals surface area contributed by atoms with Gasteiger partial charge < -0.3 is 5.32 Å². The van der Waals surface area contributed by atoms with Gasteiger partial charge in [0.15, 0.2) is 0 Å². The maximum Gasteiger partial charge on any atom is 0.223 e. The Morgan fingerprint density at radius 3 is 2.85 bits per heavy atom. The minimum atomic E-state index is 0.202. The maximum atomic E-state index is 11.7. The Morgan fingerprint density at radius 2 is 2.15 bits per heavy atom. The highest BCUT2D eigenvalue weighted by atomic mass is 16.2. The molecule has 2 aromatic rings. The summed E-state index contributed by atoms with van der Waals surface area (Å²) in [5.41, 5.74) is 2.19. The number of benzene rings is 1. The molecule has 1 saturated carbocycles. The predicted octanol–water partition coefficient (Wildman–Crippen LogP) is 2.19. The number of amides is 1. The highest BCUT2D eigenvalue weighted by Gasteiger charge is 2.38. The SMILES string of the molecule is CC1CC1C(=O)NCCc1cnn(-c2ccccc2)c1. The smallest absolute Gasteiger partial charge is 0.223 e. The van der Waals surface area contributed by atoms with Gasteiger partial charge in [-0.1, -0.05) is 25.1 Å². The lowest BCUT2D eigenvalue weighted by molar-refractivity contribution is -0.122. The predicted molar refractivity (Wildman–Crippen MR) is 77.5 cm³/mol. The van der Waals surface area contributed by atoms with Crippen molar-refractivity contribution in [1.29, 1.82) is 0 Å². The second kappa shape index (κ2) is 5.49. The summed E-state index contributed by atoms with van der Waals surface area (Å²) in [6.45, 7) is 2.80. The molecule has 4 nitrogen and oxygen atoms in total. The molecule has 1 N–H and O–H groups in total. The van der Waals surface area contributed by atoms with Crippen LogP contribution in [-0.2, 0) is 11.2 Å². The molecule has 1 aromatic carbocycles. The van der Waals surface area contributed by atoms with Gasteiger partial charge >= 0.3 is 0 Å². The molecule has 20 heavy (non-hydrogen) atoms. The van der Waals surface area contributed by atoms with Crippen molar-refractivity contribution in [1.82, 2.24) is 15.1 Å². The summed E-state index contributed by atoms with van der Waals surface area (Å²) in [4.78, 5) is 11.7. The van der Waals surface area contributed by atoms with E-state index in [0.29, 0.717) is 12.5 Å². The first-order chi connectivity index (χ1) is 9.74. The number of rotatable bonds is 5. The molecule has 0 radical (unpaired) electrons. The van der Waals surface area contributed by atoms with Gasteiger partial charge in [-0.05, 0) is 36.5 Å². The molecule has 4 heteroatoms. The van der Waals surface area contributed by atoms with Crippen LogP contribution in [0.1, 0.15) is 18.9 Å². The first-order valence-corrected chi connectivity index (χ1v) is 7.11. The molecule has 104 valence electrons. The number of hydrogen-bond donors (Lipinski definition) is 1. The molecule has 0 bridgehead atoms. The zero-order chi connectivity index (χ0) is 13.9. The number of carbonyl (C=O) groups is 1. The normalized spacial score (nSPS) is 20.6. The van der Waals surface area contributed by atoms with Crippen molar-refractivity contribution in [2.45, 2.75) is 19.8 Å². The Hall–Kier alpha value is -2.10. The molecule has 1 aliphatic carbocycles. The van der Waals surface area contributed by atoms with E-state index in [-0.39, 0.29) is 11.8 Å². The summed E-state index contributed by atoms with van der Waals surface area (Å²) < 4.78 is 1.86. The third-order valence-electron chi connectivity index (χ3n) is 3.82. The molecule has 1 aromatic heterocycles. The van der Waals surface area contributed by atoms with Crippen LogP contribution in [0.2, 0.25) is 0 Å². The lowest BCUT2D eigenvalue weighted by atomic mass is 10.2. The lowest BCUT2D eigenvalue weighted by Gasteiger charge is -2.02. The third kappa shape index (κ3) is 2.90. The number of nitrogens with one attached hydrogen (secondary N) is 1. The van der Waals surface area contributed by atoms with Gasteiger partial charge in [0.1, 0.15) is 0 Å². The van der Waals surface area contributed by atoms with Crippen LogP contribution in [0.5, 0.6) is 0 Å². The van der Waals surface area contributed by atoms with E-state index in [1.165, 1.54) is 0 Å². The van der Waals surface area contributed by atoms with Gasteiger partial charge in [-0.3, -0.25) is 4.79 Å². The summed E-state index contributed by atoms with van der Waals surface area (Å²) in [6.07, 6.45) is 5.73. The zero-order valence-corrected chi connectivity index (χ0v) is 11.6. The van der Waals surface area contributed by atoms with Crippen LogP contribution in [0, 0.1) is 11.8 Å². The number of nitrogens with zero attached hydrogens (tertiary/aromatic N) is 2. The highest BCUT2D eigenvalue weighted by molar-refractivity contribution is 5.81. The van der Waals surface area contributed by atoms with Crippen LogP contribution in [0.4, 0.5) is 0 Å². The highest BCUT2D eigenvalue weighted by Crippen LogP contribution is 2.37. The van der Waals surface area contributed by atoms with Gasteiger partial charge in [0, 0.05) is 18.7 Å². The summed E-state index contributed by atoms with van der Waals surface area (Å²) in [5, 5.41) is 7.34. The monoisotopic (exact) mass is 269 g/mol. The number of carbonyl (C=O) groups excluding carboxylic acids is 1. The molecule has 1 heterocycles. The molecule has 2 unspecified atom stereocenters. The number of hydrogen-bond acceptors (Lipinski definition) is 2. The van der Waals surface area contributed by atoms with E-state index in [0.717, 1.165) is 24.1 Å². The van der Waals surface area contributed by atoms with E-state index >= 15 is 0 Å². The van der Waals surface area contributed by atoms with Gasteiger partial charge in [-0.25, -0.2) is 4.68 Å². The molecule has 0 aliphatic heterocycles. The van der Waals surface area contributed by atoms with Gasteiger partial charge in [0.25, 0.3) is 0 Å². The Morgan fingerprint density at radius 1 is 1.40 bits per heavy atom. The van der Waals surface area contributed by atoms with Gasteiger partial charge in [0.2, 0.25) is 5.91 Å². The fourth-order valence-corrected chi connectivity index (χ4v) is 2.36. The molecule has 3 rings (SSSR count). The standard InChI is InChI=1S/C16H19N3O/c1-12-9-15(12)16(20)17-8-7-13-10-18-19(11-13)14-5-3-2-4-6-14/h2-6,10-12,15H,7-9H2,1H3,(H,17,20). The van der Waals surface area contributed by atoms with E-state index in [4.69, 9.17) is 0 Å². The van der Waals surface area contributed by atoms with E-state index in [1.807, 2.05) is 47.4 Å². The molecule has 1 aliphatic rings. The van der Waals surface area contributed by atoms with Crippen LogP contribution in [0.25, 0.3) is 5.69 Å². The fraction of sp³-hybridized carbons (Fsp3) is 0.375. The number of aromatic nitrogens is 2. The van der Waals surface area contributed by atoms with Crippen LogP contribution >= 0.6 is 0 Å². The van der Waals surface area contributed by atoms with Crippen molar-refractivity contribution in [3.8, 4) is 5.69 Å². The van der Waals surface area contributed by atoms with E-state index in [1.54, 1.807) is 0 Å². The van der Waals surface area contributed by atoms with Gasteiger partial charge in [0.05, 0.1) is 11.9 Å². The third-order valence-corrected chi connectivity index (χ3v) is 3.82. The maximum absolute atomic E-state index is 11.7. The second-order valence-electron chi connectivity index (χ2n) is 5.49. The summed E-state index contributed by atoms with van der Waals surface area (Å²) in [6, 6.07) is 10.0. The quantitative estimate of drug-likeness (QED) is 0.904. The minimum Gasteiger partial charge on any atom is -0.356 e. The molecule has 1 amide bonds. The molecule has 2 atom stereocenters. The minimum absolute atomic E-state index is 0.202. The van der Waals surface area contributed by atoms with Crippen molar-refractivity contribution in [2.24, 2.45) is 11.8 Å². The first-order valence-electron chi connectivity index (χ1n) is 7.11. The average molecular weight is 269 g/mol. The van der Waals surface area contributed by atoms with E-state index in [9.17, 15) is 4.79 Å². The Kier molecular flexibility index (Phi) is 3.54. The lowest BCUT2D eigenvalue weighted by Crippen LogP contribution is -2.27. The molecule has 1 fully saturated rings. The van der Waals surface area contributed by atoms with Crippen LogP contribution in [0.15, 0.2) is 42.7 Å². The Bertz CT molecular complexity index is 591. The van der Waals surface area contributed by atoms with Gasteiger partial charge in [-0.2, -0.15) is 5.10 Å². The van der Waals surface area contributed by atoms with Crippen molar-refractivity contribution < 1.29 is 4.79 Å². The van der Waals surface area contributed by atoms with Crippen LogP contribution < -0.4 is 5.32 Å². The Labute approximate surface area is 118 Å². The average Bonchev–Trinajstić information content (AvgIpc) is 3.02. The second-order valence-corrected chi connectivity index (χ2v) is 5.49. The number of para-hydroxylation sites is 1. The summed E-state index contributed by atoms with van der Waals surface area (Å²) in [7, 11) is 0. The van der Waals surface area contributed by atoms with Gasteiger partial charge in [-0.15, -0.1) is 0 Å². The molecule has 0 saturated heterocycles.